The molecule has 0 aliphatic carbocycles. The fraction of sp³-hybridized carbons (Fsp3) is 0.500. The largest absolute Gasteiger partial charge is 0.395 e. The molecule has 0 saturated carbocycles. The van der Waals surface area contributed by atoms with Crippen molar-refractivity contribution in [3.05, 3.63) is 34.9 Å². The summed E-state index contributed by atoms with van der Waals surface area (Å²) in [7, 11) is 0. The number of amides is 1. The zero-order chi connectivity index (χ0) is 15.8. The Hall–Kier alpha value is -1.79. The molecule has 3 heteroatoms. The van der Waals surface area contributed by atoms with Gasteiger partial charge in [-0.2, -0.15) is 0 Å². The predicted octanol–water partition coefficient (Wildman–Crippen LogP) is 2.89. The number of carbonyl (C=O) groups excluding carboxylic acids is 1. The Kier molecular flexibility index (Phi) is 6.98. The monoisotopic (exact) mass is 287 g/mol. The van der Waals surface area contributed by atoms with Crippen LogP contribution in [0.5, 0.6) is 0 Å². The number of rotatable bonds is 5. The molecule has 2 unspecified atom stereocenters. The van der Waals surface area contributed by atoms with Gasteiger partial charge in [-0.1, -0.05) is 32.1 Å². The Labute approximate surface area is 127 Å². The van der Waals surface area contributed by atoms with Crippen LogP contribution in [0, 0.1) is 24.7 Å². The van der Waals surface area contributed by atoms with E-state index in [1.165, 1.54) is 0 Å². The van der Waals surface area contributed by atoms with E-state index in [0.717, 1.165) is 17.5 Å². The van der Waals surface area contributed by atoms with E-state index in [-0.39, 0.29) is 18.6 Å². The summed E-state index contributed by atoms with van der Waals surface area (Å²) in [5, 5.41) is 11.8. The molecule has 0 heterocycles. The summed E-state index contributed by atoms with van der Waals surface area (Å²) in [6.07, 6.45) is 1.48. The molecule has 0 saturated heterocycles. The lowest BCUT2D eigenvalue weighted by atomic mass is 10.00. The number of hydrogen-bond acceptors (Lipinski definition) is 2. The van der Waals surface area contributed by atoms with E-state index in [0.29, 0.717) is 17.9 Å². The summed E-state index contributed by atoms with van der Waals surface area (Å²) < 4.78 is 0. The Morgan fingerprint density at radius 2 is 2.05 bits per heavy atom. The maximum Gasteiger partial charge on any atom is 0.251 e. The van der Waals surface area contributed by atoms with Crippen LogP contribution in [0.15, 0.2) is 18.2 Å². The second-order valence-electron chi connectivity index (χ2n) is 5.51. The molecule has 114 valence electrons. The molecule has 1 amide bonds. The van der Waals surface area contributed by atoms with Crippen molar-refractivity contribution in [1.29, 1.82) is 0 Å². The van der Waals surface area contributed by atoms with Gasteiger partial charge in [-0.3, -0.25) is 4.79 Å². The van der Waals surface area contributed by atoms with E-state index in [9.17, 15) is 4.79 Å². The van der Waals surface area contributed by atoms with Gasteiger partial charge in [0.05, 0.1) is 6.61 Å². The molecule has 0 spiro atoms. The fourth-order valence-corrected chi connectivity index (χ4v) is 1.99. The van der Waals surface area contributed by atoms with Gasteiger partial charge in [0, 0.05) is 23.6 Å². The molecule has 1 rings (SSSR count). The number of carbonyl (C=O) groups is 1. The minimum absolute atomic E-state index is 0.0541. The fourth-order valence-electron chi connectivity index (χ4n) is 1.99. The highest BCUT2D eigenvalue weighted by molar-refractivity contribution is 5.95. The van der Waals surface area contributed by atoms with Crippen LogP contribution in [-0.4, -0.2) is 23.7 Å². The Morgan fingerprint density at radius 1 is 1.33 bits per heavy atom. The van der Waals surface area contributed by atoms with E-state index < -0.39 is 0 Å². The Bertz CT molecular complexity index is 540. The van der Waals surface area contributed by atoms with Gasteiger partial charge >= 0.3 is 0 Å². The van der Waals surface area contributed by atoms with E-state index in [4.69, 9.17) is 5.11 Å². The van der Waals surface area contributed by atoms with Crippen LogP contribution in [-0.2, 0) is 0 Å². The van der Waals surface area contributed by atoms with Crippen molar-refractivity contribution in [3.63, 3.8) is 0 Å². The van der Waals surface area contributed by atoms with Gasteiger partial charge in [0.25, 0.3) is 5.91 Å². The maximum absolute atomic E-state index is 12.3. The van der Waals surface area contributed by atoms with Crippen LogP contribution >= 0.6 is 0 Å². The van der Waals surface area contributed by atoms with Crippen molar-refractivity contribution in [3.8, 4) is 11.8 Å². The number of aliphatic hydroxyl groups excluding tert-OH is 1. The molecule has 0 aromatic heterocycles. The second-order valence-corrected chi connectivity index (χ2v) is 5.51. The summed E-state index contributed by atoms with van der Waals surface area (Å²) in [6, 6.07) is 5.76. The number of nitrogens with one attached hydrogen (secondary N) is 1. The van der Waals surface area contributed by atoms with Crippen LogP contribution in [0.2, 0.25) is 0 Å². The van der Waals surface area contributed by atoms with E-state index in [1.54, 1.807) is 6.07 Å². The number of aliphatic hydroxyl groups is 1. The van der Waals surface area contributed by atoms with Crippen LogP contribution in [0.25, 0.3) is 0 Å². The van der Waals surface area contributed by atoms with Gasteiger partial charge < -0.3 is 10.4 Å². The van der Waals surface area contributed by atoms with Gasteiger partial charge in [0.15, 0.2) is 0 Å². The topological polar surface area (TPSA) is 49.3 Å². The normalized spacial score (nSPS) is 13.0. The van der Waals surface area contributed by atoms with Crippen LogP contribution in [0.4, 0.5) is 0 Å². The summed E-state index contributed by atoms with van der Waals surface area (Å²) in [4.78, 5) is 12.3. The highest BCUT2D eigenvalue weighted by atomic mass is 16.2. The van der Waals surface area contributed by atoms with Crippen molar-refractivity contribution in [2.75, 3.05) is 6.61 Å². The molecule has 0 radical (unpaired) electrons. The lowest BCUT2D eigenvalue weighted by Gasteiger charge is -2.20. The third-order valence-electron chi connectivity index (χ3n) is 3.67. The molecular formula is C18H25NO2. The lowest BCUT2D eigenvalue weighted by Crippen LogP contribution is -2.36. The van der Waals surface area contributed by atoms with Crippen molar-refractivity contribution in [2.24, 2.45) is 5.92 Å². The number of benzene rings is 1. The molecule has 2 N–H and O–H groups in total. The first kappa shape index (κ1) is 17.3. The molecule has 0 bridgehead atoms. The molecule has 0 aliphatic heterocycles. The summed E-state index contributed by atoms with van der Waals surface area (Å²) in [6.45, 7) is 8.29. The summed E-state index contributed by atoms with van der Waals surface area (Å²) in [5.74, 6) is 6.25. The highest BCUT2D eigenvalue weighted by Crippen LogP contribution is 2.12. The quantitative estimate of drug-likeness (QED) is 0.818. The Morgan fingerprint density at radius 3 is 2.67 bits per heavy atom. The Balaban J connectivity index is 2.88. The zero-order valence-electron chi connectivity index (χ0n) is 13.4. The van der Waals surface area contributed by atoms with Crippen molar-refractivity contribution < 1.29 is 9.90 Å². The first-order chi connectivity index (χ1) is 9.97. The van der Waals surface area contributed by atoms with E-state index >= 15 is 0 Å². The molecular weight excluding hydrogens is 262 g/mol. The van der Waals surface area contributed by atoms with Crippen LogP contribution < -0.4 is 5.32 Å². The van der Waals surface area contributed by atoms with Gasteiger partial charge in [0.1, 0.15) is 0 Å². The standard InChI is InChI=1S/C18H25NO2/c1-5-14(3)15(4)19-18(21)17-11-13(2)10-16(12-17)8-6-7-9-20/h10-12,14-15,20H,5,7,9H2,1-4H3,(H,19,21). The highest BCUT2D eigenvalue weighted by Gasteiger charge is 2.14. The van der Waals surface area contributed by atoms with Gasteiger partial charge in [-0.25, -0.2) is 0 Å². The molecule has 1 aromatic rings. The first-order valence-corrected chi connectivity index (χ1v) is 7.50. The van der Waals surface area contributed by atoms with Crippen LogP contribution in [0.3, 0.4) is 0 Å². The molecule has 0 aliphatic rings. The number of aryl methyl sites for hydroxylation is 1. The van der Waals surface area contributed by atoms with E-state index in [1.807, 2.05) is 26.0 Å². The molecule has 1 aromatic carbocycles. The summed E-state index contributed by atoms with van der Waals surface area (Å²) >= 11 is 0. The van der Waals surface area contributed by atoms with Crippen LogP contribution in [0.1, 0.15) is 55.1 Å². The lowest BCUT2D eigenvalue weighted by molar-refractivity contribution is 0.0928. The zero-order valence-corrected chi connectivity index (χ0v) is 13.4. The second kappa shape index (κ2) is 8.49. The first-order valence-electron chi connectivity index (χ1n) is 7.50. The molecule has 3 nitrogen and oxygen atoms in total. The summed E-state index contributed by atoms with van der Waals surface area (Å²) in [5.41, 5.74) is 2.45. The minimum atomic E-state index is -0.0586. The molecule has 21 heavy (non-hydrogen) atoms. The molecule has 2 atom stereocenters. The number of hydrogen-bond donors (Lipinski definition) is 2. The average molecular weight is 287 g/mol. The molecule has 0 fully saturated rings. The van der Waals surface area contributed by atoms with Gasteiger partial charge in [-0.05, 0) is 43.5 Å². The van der Waals surface area contributed by atoms with Crippen molar-refractivity contribution in [2.45, 2.75) is 46.6 Å². The van der Waals surface area contributed by atoms with Gasteiger partial charge in [0.2, 0.25) is 0 Å². The average Bonchev–Trinajstić information content (AvgIpc) is 2.46. The maximum atomic E-state index is 12.3. The van der Waals surface area contributed by atoms with Crippen molar-refractivity contribution in [1.82, 2.24) is 5.32 Å². The van der Waals surface area contributed by atoms with Crippen molar-refractivity contribution >= 4 is 5.91 Å². The SMILES string of the molecule is CCC(C)C(C)NC(=O)c1cc(C)cc(C#CCCO)c1. The minimum Gasteiger partial charge on any atom is -0.395 e. The van der Waals surface area contributed by atoms with Gasteiger partial charge in [-0.15, -0.1) is 0 Å². The smallest absolute Gasteiger partial charge is 0.251 e. The van der Waals surface area contributed by atoms with E-state index in [2.05, 4.69) is 31.0 Å². The third kappa shape index (κ3) is 5.61. The third-order valence-corrected chi connectivity index (χ3v) is 3.67. The predicted molar refractivity (Wildman–Crippen MR) is 86.1 cm³/mol.